The molecule has 0 atom stereocenters. The summed E-state index contributed by atoms with van der Waals surface area (Å²) in [6.07, 6.45) is 23.4. The van der Waals surface area contributed by atoms with Gasteiger partial charge >= 0.3 is 0 Å². The second kappa shape index (κ2) is 24.0. The Hall–Kier alpha value is -8.88. The zero-order valence-electron chi connectivity index (χ0n) is 44.2. The number of pyridine rings is 4. The molecule has 2 fully saturated rings. The summed E-state index contributed by atoms with van der Waals surface area (Å²) in [5.74, 6) is 3.81. The van der Waals surface area contributed by atoms with Crippen LogP contribution < -0.4 is 39.1 Å². The number of piperidine rings is 2. The van der Waals surface area contributed by atoms with Crippen LogP contribution in [0.3, 0.4) is 0 Å². The fourth-order valence-corrected chi connectivity index (χ4v) is 9.77. The monoisotopic (exact) mass is 1050 g/mol. The number of benzene rings is 2. The molecular formula is C58H62N14O6. The number of fused-ring (bicyclic) bond motifs is 2. The van der Waals surface area contributed by atoms with Gasteiger partial charge in [-0.05, 0) is 112 Å². The Morgan fingerprint density at radius 1 is 0.436 bits per heavy atom. The summed E-state index contributed by atoms with van der Waals surface area (Å²) in [7, 11) is 6.48. The molecule has 20 nitrogen and oxygen atoms in total. The summed E-state index contributed by atoms with van der Waals surface area (Å²) < 4.78 is 41.7. The van der Waals surface area contributed by atoms with Crippen molar-refractivity contribution in [1.82, 2.24) is 69.2 Å². The van der Waals surface area contributed by atoms with Crippen LogP contribution in [0.1, 0.15) is 60.0 Å². The SMILES string of the molecule is COc1ccc(COc2ccc(Cn3cnc4cc(-c5cnn(C6CCNCC6)c5)cnc43)cc2OC)cn1.COc1ccc(COc2ccc(Cn3cnc4cc(-c5cnn(C6CCNCC6)c5)cnc43)cc2OC)cn1. The molecule has 2 aliphatic heterocycles. The largest absolute Gasteiger partial charge is 0.493 e. The third-order valence-corrected chi connectivity index (χ3v) is 14.1. The molecule has 0 saturated carbocycles. The smallest absolute Gasteiger partial charge is 0.212 e. The standard InChI is InChI=1S/2C29H31N7O3/c2*1-37-27-11-20(3-5-26(27)39-18-21-4-6-28(38-2)31-13-21)16-35-19-33-25-12-22(14-32-29(25)35)23-15-34-36(17-23)24-7-9-30-10-8-24/h2*3-6,11-15,17,19,24,30H,7-10,16,18H2,1-2H3. The van der Waals surface area contributed by atoms with Crippen molar-refractivity contribution in [1.29, 1.82) is 0 Å². The van der Waals surface area contributed by atoms with Gasteiger partial charge in [-0.15, -0.1) is 0 Å². The van der Waals surface area contributed by atoms with Crippen LogP contribution in [0.2, 0.25) is 0 Å². The lowest BCUT2D eigenvalue weighted by molar-refractivity contribution is 0.283. The van der Waals surface area contributed by atoms with Crippen molar-refractivity contribution >= 4 is 22.3 Å². The van der Waals surface area contributed by atoms with E-state index in [2.05, 4.69) is 74.7 Å². The maximum Gasteiger partial charge on any atom is 0.212 e. The highest BCUT2D eigenvalue weighted by atomic mass is 16.5. The van der Waals surface area contributed by atoms with Gasteiger partial charge in [0.2, 0.25) is 11.8 Å². The number of ether oxygens (including phenoxy) is 6. The summed E-state index contributed by atoms with van der Waals surface area (Å²) in [6.45, 7) is 6.11. The number of rotatable bonds is 18. The molecule has 20 heteroatoms. The first-order valence-corrected chi connectivity index (χ1v) is 26.1. The molecule has 78 heavy (non-hydrogen) atoms. The third kappa shape index (κ3) is 11.9. The lowest BCUT2D eigenvalue weighted by atomic mass is 10.1. The fourth-order valence-electron chi connectivity index (χ4n) is 9.77. The first-order chi connectivity index (χ1) is 38.4. The maximum absolute atomic E-state index is 6.00. The normalized spacial score (nSPS) is 14.0. The van der Waals surface area contributed by atoms with Crippen molar-refractivity contribution in [2.45, 2.75) is 64.1 Å². The molecule has 12 rings (SSSR count). The molecule has 10 heterocycles. The van der Waals surface area contributed by atoms with E-state index in [0.29, 0.717) is 73.1 Å². The summed E-state index contributed by atoms with van der Waals surface area (Å²) in [6, 6.07) is 24.4. The van der Waals surface area contributed by atoms with Crippen LogP contribution in [0.4, 0.5) is 0 Å². The zero-order chi connectivity index (χ0) is 53.2. The van der Waals surface area contributed by atoms with Crippen LogP contribution in [0.25, 0.3) is 44.6 Å². The Bertz CT molecular complexity index is 3350. The lowest BCUT2D eigenvalue weighted by Gasteiger charge is -2.22. The first kappa shape index (κ1) is 51.2. The number of aromatic nitrogens is 12. The summed E-state index contributed by atoms with van der Waals surface area (Å²) in [5, 5.41) is 16.1. The van der Waals surface area contributed by atoms with Crippen molar-refractivity contribution in [2.75, 3.05) is 54.6 Å². The molecule has 0 amide bonds. The van der Waals surface area contributed by atoms with Gasteiger partial charge in [-0.1, -0.05) is 12.1 Å². The topological polar surface area (TPSA) is 202 Å². The van der Waals surface area contributed by atoms with Crippen LogP contribution in [-0.2, 0) is 26.3 Å². The highest BCUT2D eigenvalue weighted by Crippen LogP contribution is 2.33. The number of hydrogen-bond donors (Lipinski definition) is 2. The number of nitrogens with zero attached hydrogens (tertiary/aromatic N) is 12. The molecule has 0 radical (unpaired) electrons. The van der Waals surface area contributed by atoms with E-state index in [4.69, 9.17) is 38.4 Å². The minimum Gasteiger partial charge on any atom is -0.493 e. The Morgan fingerprint density at radius 3 is 1.27 bits per heavy atom. The Labute approximate surface area is 451 Å². The van der Waals surface area contributed by atoms with Crippen LogP contribution >= 0.6 is 0 Å². The minimum atomic E-state index is 0.377. The number of methoxy groups -OCH3 is 4. The highest BCUT2D eigenvalue weighted by molar-refractivity contribution is 5.79. The van der Waals surface area contributed by atoms with Crippen molar-refractivity contribution in [3.63, 3.8) is 0 Å². The zero-order valence-corrected chi connectivity index (χ0v) is 44.2. The molecule has 0 aliphatic carbocycles. The molecular weight excluding hydrogens is 989 g/mol. The second-order valence-electron chi connectivity index (χ2n) is 19.2. The summed E-state index contributed by atoms with van der Waals surface area (Å²) >= 11 is 0. The fraction of sp³-hybridized carbons (Fsp3) is 0.310. The molecule has 2 aromatic carbocycles. The molecule has 2 aliphatic rings. The summed E-state index contributed by atoms with van der Waals surface area (Å²) in [5.41, 5.74) is 11.5. The summed E-state index contributed by atoms with van der Waals surface area (Å²) in [4.78, 5) is 27.2. The van der Waals surface area contributed by atoms with Gasteiger partial charge in [0, 0.05) is 82.7 Å². The quantitative estimate of drug-likeness (QED) is 0.0827. The first-order valence-electron chi connectivity index (χ1n) is 26.1. The Morgan fingerprint density at radius 2 is 0.872 bits per heavy atom. The van der Waals surface area contributed by atoms with Crippen molar-refractivity contribution in [3.8, 4) is 57.0 Å². The molecule has 10 aromatic rings. The third-order valence-electron chi connectivity index (χ3n) is 14.1. The van der Waals surface area contributed by atoms with Crippen molar-refractivity contribution in [2.24, 2.45) is 0 Å². The second-order valence-corrected chi connectivity index (χ2v) is 19.2. The maximum atomic E-state index is 6.00. The van der Waals surface area contributed by atoms with E-state index in [1.165, 1.54) is 0 Å². The number of imidazole rings is 2. The molecule has 400 valence electrons. The van der Waals surface area contributed by atoms with Gasteiger partial charge in [-0.3, -0.25) is 9.36 Å². The molecule has 8 aromatic heterocycles. The molecule has 0 bridgehead atoms. The van der Waals surface area contributed by atoms with Crippen LogP contribution in [0.5, 0.6) is 34.8 Å². The average molecular weight is 1050 g/mol. The van der Waals surface area contributed by atoms with Crippen LogP contribution in [-0.4, -0.2) is 113 Å². The predicted molar refractivity (Wildman–Crippen MR) is 294 cm³/mol. The molecule has 0 unspecified atom stereocenters. The molecule has 0 spiro atoms. The molecule has 2 N–H and O–H groups in total. The van der Waals surface area contributed by atoms with Gasteiger partial charge in [0.05, 0.1) is 78.7 Å². The van der Waals surface area contributed by atoms with E-state index in [9.17, 15) is 0 Å². The van der Waals surface area contributed by atoms with Gasteiger partial charge in [-0.2, -0.15) is 10.2 Å². The van der Waals surface area contributed by atoms with Gasteiger partial charge in [0.25, 0.3) is 0 Å². The van der Waals surface area contributed by atoms with E-state index < -0.39 is 0 Å². The van der Waals surface area contributed by atoms with Gasteiger partial charge < -0.3 is 48.2 Å². The predicted octanol–water partition coefficient (Wildman–Crippen LogP) is 8.52. The van der Waals surface area contributed by atoms with Crippen molar-refractivity contribution < 1.29 is 28.4 Å². The highest BCUT2D eigenvalue weighted by Gasteiger charge is 2.19. The lowest BCUT2D eigenvalue weighted by Crippen LogP contribution is -2.29. The Balaban J connectivity index is 0.000000165. The van der Waals surface area contributed by atoms with Gasteiger partial charge in [-0.25, -0.2) is 29.9 Å². The van der Waals surface area contributed by atoms with Gasteiger partial charge in [0.15, 0.2) is 34.3 Å². The Kier molecular flexibility index (Phi) is 15.8. The van der Waals surface area contributed by atoms with Gasteiger partial charge in [0.1, 0.15) is 24.2 Å². The van der Waals surface area contributed by atoms with E-state index in [1.54, 1.807) is 40.8 Å². The van der Waals surface area contributed by atoms with E-state index in [1.807, 2.05) is 107 Å². The van der Waals surface area contributed by atoms with E-state index in [-0.39, 0.29) is 0 Å². The minimum absolute atomic E-state index is 0.377. The van der Waals surface area contributed by atoms with Crippen LogP contribution in [0.15, 0.2) is 135 Å². The van der Waals surface area contributed by atoms with Crippen LogP contribution in [0, 0.1) is 0 Å². The molecule has 2 saturated heterocycles. The van der Waals surface area contributed by atoms with E-state index >= 15 is 0 Å². The number of nitrogens with one attached hydrogen (secondary N) is 2. The van der Waals surface area contributed by atoms with E-state index in [0.717, 1.165) is 119 Å². The van der Waals surface area contributed by atoms with Crippen molar-refractivity contribution in [3.05, 3.63) is 157 Å². The average Bonchev–Trinajstić information content (AvgIpc) is 4.38. The number of hydrogen-bond acceptors (Lipinski definition) is 16.